The van der Waals surface area contributed by atoms with E-state index in [4.69, 9.17) is 4.74 Å². The van der Waals surface area contributed by atoms with Crippen LogP contribution in [0.15, 0.2) is 42.3 Å². The fourth-order valence-corrected chi connectivity index (χ4v) is 4.32. The van der Waals surface area contributed by atoms with E-state index in [1.54, 1.807) is 0 Å². The van der Waals surface area contributed by atoms with Gasteiger partial charge in [-0.25, -0.2) is 8.42 Å². The Morgan fingerprint density at radius 2 is 2.11 bits per heavy atom. The number of hydrogen-bond acceptors (Lipinski definition) is 8. The fourth-order valence-electron chi connectivity index (χ4n) is 2.14. The zero-order chi connectivity index (χ0) is 20.0. The number of hydrogen-bond donors (Lipinski definition) is 1. The van der Waals surface area contributed by atoms with Gasteiger partial charge in [-0.3, -0.25) is 19.6 Å². The Bertz CT molecular complexity index is 937. The summed E-state index contributed by atoms with van der Waals surface area (Å²) in [6.07, 6.45) is 2.06. The molecule has 1 atom stereocenters. The van der Waals surface area contributed by atoms with Crippen molar-refractivity contribution in [2.24, 2.45) is 0 Å². The molecule has 0 fully saturated rings. The van der Waals surface area contributed by atoms with Crippen LogP contribution in [0.3, 0.4) is 0 Å². The number of aromatic nitrogens is 1. The van der Waals surface area contributed by atoms with Crippen molar-refractivity contribution < 1.29 is 22.9 Å². The van der Waals surface area contributed by atoms with Crippen LogP contribution in [0.1, 0.15) is 30.6 Å². The summed E-state index contributed by atoms with van der Waals surface area (Å²) < 4.78 is 32.6. The average molecular weight is 411 g/mol. The van der Waals surface area contributed by atoms with Gasteiger partial charge in [-0.15, -0.1) is 17.9 Å². The third kappa shape index (κ3) is 5.34. The van der Waals surface area contributed by atoms with Gasteiger partial charge in [0.2, 0.25) is 15.9 Å². The van der Waals surface area contributed by atoms with Gasteiger partial charge in [-0.2, -0.15) is 4.98 Å². The van der Waals surface area contributed by atoms with Crippen molar-refractivity contribution in [1.29, 1.82) is 0 Å². The number of thiazole rings is 1. The smallest absolute Gasteiger partial charge is 0.312 e. The van der Waals surface area contributed by atoms with Crippen molar-refractivity contribution in [3.8, 4) is 5.88 Å². The molecule has 2 rings (SSSR count). The first-order valence-electron chi connectivity index (χ1n) is 7.81. The highest BCUT2D eigenvalue weighted by atomic mass is 32.2. The lowest BCUT2D eigenvalue weighted by molar-refractivity contribution is -0.384. The summed E-state index contributed by atoms with van der Waals surface area (Å²) in [6, 6.07) is 5.14. The Balaban J connectivity index is 2.16. The summed E-state index contributed by atoms with van der Waals surface area (Å²) in [5.41, 5.74) is 0.166. The van der Waals surface area contributed by atoms with Crippen LogP contribution in [0.25, 0.3) is 0 Å². The number of sulfonamides is 1. The summed E-state index contributed by atoms with van der Waals surface area (Å²) >= 11 is 0.964. The lowest BCUT2D eigenvalue weighted by atomic mass is 10.1. The molecule has 1 aromatic carbocycles. The molecule has 27 heavy (non-hydrogen) atoms. The van der Waals surface area contributed by atoms with E-state index in [2.05, 4.69) is 16.3 Å². The summed E-state index contributed by atoms with van der Waals surface area (Å²) in [7, 11) is -3.97. The van der Waals surface area contributed by atoms with Gasteiger partial charge < -0.3 is 4.74 Å². The molecular formula is C16H17N3O6S2. The van der Waals surface area contributed by atoms with Gasteiger partial charge in [0, 0.05) is 18.6 Å². The maximum absolute atomic E-state index is 12.6. The van der Waals surface area contributed by atoms with Gasteiger partial charge in [-0.05, 0) is 12.0 Å². The van der Waals surface area contributed by atoms with Crippen LogP contribution in [-0.2, 0) is 14.8 Å². The lowest BCUT2D eigenvalue weighted by Gasteiger charge is -2.14. The zero-order valence-electron chi connectivity index (χ0n) is 14.3. The molecule has 1 N–H and O–H groups in total. The Morgan fingerprint density at radius 1 is 1.44 bits per heavy atom. The van der Waals surface area contributed by atoms with Crippen molar-refractivity contribution in [2.75, 3.05) is 4.72 Å². The number of nitrogens with one attached hydrogen (secondary N) is 1. The monoisotopic (exact) mass is 411 g/mol. The minimum Gasteiger partial charge on any atom is -0.406 e. The van der Waals surface area contributed by atoms with Crippen molar-refractivity contribution in [3.05, 3.63) is 58.0 Å². The van der Waals surface area contributed by atoms with Crippen LogP contribution < -0.4 is 9.46 Å². The van der Waals surface area contributed by atoms with Gasteiger partial charge in [-0.1, -0.05) is 25.1 Å². The van der Waals surface area contributed by atoms with Gasteiger partial charge in [0.25, 0.3) is 5.69 Å². The number of esters is 1. The van der Waals surface area contributed by atoms with E-state index >= 15 is 0 Å². The molecule has 0 amide bonds. The van der Waals surface area contributed by atoms with E-state index in [-0.39, 0.29) is 23.1 Å². The van der Waals surface area contributed by atoms with Crippen LogP contribution in [0, 0.1) is 10.1 Å². The highest BCUT2D eigenvalue weighted by Crippen LogP contribution is 2.29. The van der Waals surface area contributed by atoms with Crippen molar-refractivity contribution in [3.63, 3.8) is 0 Å². The topological polar surface area (TPSA) is 128 Å². The highest BCUT2D eigenvalue weighted by molar-refractivity contribution is 7.93. The molecule has 2 aromatic rings. The molecule has 0 saturated carbocycles. The minimum atomic E-state index is -3.97. The molecule has 0 aliphatic rings. The first kappa shape index (κ1) is 20.5. The summed E-state index contributed by atoms with van der Waals surface area (Å²) in [6.45, 7) is 5.36. The SMILES string of the molecule is C=CC(c1ccc([N+](=O)[O-])cc1)S(=O)(=O)Nc1nc(OC(=O)CCC)cs1. The highest BCUT2D eigenvalue weighted by Gasteiger charge is 2.26. The maximum atomic E-state index is 12.6. The molecule has 0 aliphatic heterocycles. The number of nitro benzene ring substituents is 1. The number of carbonyl (C=O) groups excluding carboxylic acids is 1. The molecule has 1 unspecified atom stereocenters. The number of benzene rings is 1. The predicted molar refractivity (Wildman–Crippen MR) is 101 cm³/mol. The Labute approximate surface area is 159 Å². The van der Waals surface area contributed by atoms with E-state index in [1.807, 2.05) is 6.92 Å². The third-order valence-corrected chi connectivity index (χ3v) is 5.84. The standard InChI is InChI=1S/C16H17N3O6S2/c1-3-5-15(20)25-14-10-26-16(17-14)18-27(23,24)13(4-2)11-6-8-12(9-7-11)19(21)22/h4,6-10,13H,2-3,5H2,1H3,(H,17,18). The molecule has 0 bridgehead atoms. The molecule has 0 saturated heterocycles. The van der Waals surface area contributed by atoms with E-state index in [9.17, 15) is 23.3 Å². The molecule has 0 aliphatic carbocycles. The second-order valence-electron chi connectivity index (χ2n) is 5.37. The minimum absolute atomic E-state index is 0.0154. The van der Waals surface area contributed by atoms with Gasteiger partial charge in [0.15, 0.2) is 5.13 Å². The van der Waals surface area contributed by atoms with E-state index < -0.39 is 26.2 Å². The Kier molecular flexibility index (Phi) is 6.64. The molecule has 144 valence electrons. The van der Waals surface area contributed by atoms with Crippen molar-refractivity contribution in [1.82, 2.24) is 4.98 Å². The predicted octanol–water partition coefficient (Wildman–Crippen LogP) is 3.43. The first-order valence-corrected chi connectivity index (χ1v) is 10.2. The van der Waals surface area contributed by atoms with E-state index in [1.165, 1.54) is 35.7 Å². The van der Waals surface area contributed by atoms with Gasteiger partial charge >= 0.3 is 5.97 Å². The average Bonchev–Trinajstić information content (AvgIpc) is 3.01. The van der Waals surface area contributed by atoms with Crippen molar-refractivity contribution in [2.45, 2.75) is 25.0 Å². The molecule has 1 heterocycles. The first-order chi connectivity index (χ1) is 12.8. The third-order valence-electron chi connectivity index (χ3n) is 3.37. The molecule has 1 aromatic heterocycles. The quantitative estimate of drug-likeness (QED) is 0.290. The zero-order valence-corrected chi connectivity index (χ0v) is 16.0. The van der Waals surface area contributed by atoms with Crippen LogP contribution >= 0.6 is 11.3 Å². The normalized spacial score (nSPS) is 12.2. The number of anilines is 1. The molecule has 0 radical (unpaired) electrons. The maximum Gasteiger partial charge on any atom is 0.312 e. The molecule has 0 spiro atoms. The number of nitrogens with zero attached hydrogens (tertiary/aromatic N) is 2. The lowest BCUT2D eigenvalue weighted by Crippen LogP contribution is -2.20. The van der Waals surface area contributed by atoms with Crippen LogP contribution in [0.4, 0.5) is 10.8 Å². The molecule has 11 heteroatoms. The Hall–Kier alpha value is -2.79. The number of carbonyl (C=O) groups is 1. The summed E-state index contributed by atoms with van der Waals surface area (Å²) in [5.74, 6) is -0.436. The number of rotatable bonds is 9. The Morgan fingerprint density at radius 3 is 2.67 bits per heavy atom. The number of nitro groups is 1. The number of non-ortho nitro benzene ring substituents is 1. The van der Waals surface area contributed by atoms with Crippen LogP contribution in [-0.4, -0.2) is 24.3 Å². The van der Waals surface area contributed by atoms with Crippen LogP contribution in [0.5, 0.6) is 5.88 Å². The van der Waals surface area contributed by atoms with E-state index in [0.717, 1.165) is 11.3 Å². The second kappa shape index (κ2) is 8.73. The van der Waals surface area contributed by atoms with E-state index in [0.29, 0.717) is 12.0 Å². The summed E-state index contributed by atoms with van der Waals surface area (Å²) in [5, 5.41) is 11.0. The molecular weight excluding hydrogens is 394 g/mol. The fraction of sp³-hybridized carbons (Fsp3) is 0.250. The molecule has 9 nitrogen and oxygen atoms in total. The van der Waals surface area contributed by atoms with Gasteiger partial charge in [0.05, 0.1) is 10.3 Å². The summed E-state index contributed by atoms with van der Waals surface area (Å²) in [4.78, 5) is 25.5. The van der Waals surface area contributed by atoms with Crippen LogP contribution in [0.2, 0.25) is 0 Å². The number of ether oxygens (including phenoxy) is 1. The van der Waals surface area contributed by atoms with Gasteiger partial charge in [0.1, 0.15) is 5.25 Å². The second-order valence-corrected chi connectivity index (χ2v) is 8.03. The largest absolute Gasteiger partial charge is 0.406 e. The van der Waals surface area contributed by atoms with Crippen molar-refractivity contribution >= 4 is 38.1 Å².